The molecule has 1 heterocycles. The second-order valence-corrected chi connectivity index (χ2v) is 4.00. The van der Waals surface area contributed by atoms with E-state index in [0.29, 0.717) is 6.61 Å². The monoisotopic (exact) mass is 239 g/mol. The van der Waals surface area contributed by atoms with E-state index < -0.39 is 0 Å². The summed E-state index contributed by atoms with van der Waals surface area (Å²) in [6, 6.07) is 3.48. The van der Waals surface area contributed by atoms with Gasteiger partial charge in [-0.05, 0) is 32.4 Å². The molecule has 1 aromatic rings. The molecular weight excluding hydrogens is 218 g/mol. The van der Waals surface area contributed by atoms with Crippen LogP contribution in [0.15, 0.2) is 22.8 Å². The van der Waals surface area contributed by atoms with Crippen molar-refractivity contribution in [1.82, 2.24) is 5.32 Å². The molecule has 0 saturated carbocycles. The molecule has 4 heteroatoms. The standard InChI is InChI=1S/C13H21NO3/c1-4-7-11(13(15)16-5-2)14-10(3)12-8-6-9-17-12/h6,8-11,14H,4-5,7H2,1-3H3/t10-,11?/m0/s1. The summed E-state index contributed by atoms with van der Waals surface area (Å²) in [5.74, 6) is 0.642. The number of rotatable bonds is 7. The summed E-state index contributed by atoms with van der Waals surface area (Å²) in [6.45, 7) is 6.25. The van der Waals surface area contributed by atoms with Gasteiger partial charge in [-0.1, -0.05) is 13.3 Å². The quantitative estimate of drug-likeness (QED) is 0.743. The third kappa shape index (κ3) is 4.23. The Morgan fingerprint density at radius 2 is 2.29 bits per heavy atom. The lowest BCUT2D eigenvalue weighted by Gasteiger charge is -2.20. The lowest BCUT2D eigenvalue weighted by Crippen LogP contribution is -2.39. The minimum absolute atomic E-state index is 0.00551. The molecule has 0 bridgehead atoms. The van der Waals surface area contributed by atoms with E-state index in [2.05, 4.69) is 5.32 Å². The molecule has 1 N–H and O–H groups in total. The van der Waals surface area contributed by atoms with Gasteiger partial charge in [-0.25, -0.2) is 0 Å². The van der Waals surface area contributed by atoms with Gasteiger partial charge in [-0.15, -0.1) is 0 Å². The van der Waals surface area contributed by atoms with Crippen LogP contribution < -0.4 is 5.32 Å². The van der Waals surface area contributed by atoms with Crippen LogP contribution in [0, 0.1) is 0 Å². The minimum atomic E-state index is -0.264. The summed E-state index contributed by atoms with van der Waals surface area (Å²) < 4.78 is 10.3. The molecule has 1 aromatic heterocycles. The van der Waals surface area contributed by atoms with Crippen molar-refractivity contribution in [3.63, 3.8) is 0 Å². The maximum Gasteiger partial charge on any atom is 0.323 e. The van der Waals surface area contributed by atoms with E-state index >= 15 is 0 Å². The van der Waals surface area contributed by atoms with Crippen LogP contribution in [0.1, 0.15) is 45.4 Å². The van der Waals surface area contributed by atoms with Gasteiger partial charge in [0.15, 0.2) is 0 Å². The zero-order valence-electron chi connectivity index (χ0n) is 10.7. The third-order valence-electron chi connectivity index (χ3n) is 2.57. The number of ether oxygens (including phenoxy) is 1. The van der Waals surface area contributed by atoms with Gasteiger partial charge in [-0.3, -0.25) is 10.1 Å². The summed E-state index contributed by atoms with van der Waals surface area (Å²) in [6.07, 6.45) is 3.33. The fourth-order valence-corrected chi connectivity index (χ4v) is 1.72. The molecule has 0 spiro atoms. The van der Waals surface area contributed by atoms with Gasteiger partial charge in [0.2, 0.25) is 0 Å². The molecule has 0 saturated heterocycles. The number of hydrogen-bond acceptors (Lipinski definition) is 4. The number of furan rings is 1. The van der Waals surface area contributed by atoms with Crippen LogP contribution in [0.25, 0.3) is 0 Å². The normalized spacial score (nSPS) is 14.3. The minimum Gasteiger partial charge on any atom is -0.468 e. The highest BCUT2D eigenvalue weighted by molar-refractivity contribution is 5.75. The van der Waals surface area contributed by atoms with E-state index in [1.165, 1.54) is 0 Å². The number of carbonyl (C=O) groups excluding carboxylic acids is 1. The second-order valence-electron chi connectivity index (χ2n) is 4.00. The predicted octanol–water partition coefficient (Wildman–Crippen LogP) is 2.66. The molecular formula is C13H21NO3. The highest BCUT2D eigenvalue weighted by Crippen LogP contribution is 2.14. The second kappa shape index (κ2) is 7.12. The van der Waals surface area contributed by atoms with Crippen molar-refractivity contribution in [1.29, 1.82) is 0 Å². The van der Waals surface area contributed by atoms with Crippen molar-refractivity contribution in [2.45, 2.75) is 45.7 Å². The van der Waals surface area contributed by atoms with Crippen molar-refractivity contribution in [3.05, 3.63) is 24.2 Å². The van der Waals surface area contributed by atoms with Crippen LogP contribution in [0.5, 0.6) is 0 Å². The molecule has 0 fully saturated rings. The number of esters is 1. The van der Waals surface area contributed by atoms with E-state index in [4.69, 9.17) is 9.15 Å². The van der Waals surface area contributed by atoms with E-state index in [1.54, 1.807) is 6.26 Å². The summed E-state index contributed by atoms with van der Waals surface area (Å²) in [5.41, 5.74) is 0. The van der Waals surface area contributed by atoms with E-state index in [0.717, 1.165) is 18.6 Å². The van der Waals surface area contributed by atoms with Gasteiger partial charge in [0.05, 0.1) is 18.9 Å². The number of hydrogen-bond donors (Lipinski definition) is 1. The van der Waals surface area contributed by atoms with Gasteiger partial charge in [0.1, 0.15) is 11.8 Å². The zero-order chi connectivity index (χ0) is 12.7. The lowest BCUT2D eigenvalue weighted by atomic mass is 10.1. The van der Waals surface area contributed by atoms with Crippen LogP contribution in [0.4, 0.5) is 0 Å². The molecule has 96 valence electrons. The molecule has 0 aromatic carbocycles. The van der Waals surface area contributed by atoms with Crippen molar-refractivity contribution < 1.29 is 13.9 Å². The Kier molecular flexibility index (Phi) is 5.77. The molecule has 4 nitrogen and oxygen atoms in total. The SMILES string of the molecule is CCCC(N[C@@H](C)c1ccco1)C(=O)OCC. The van der Waals surface area contributed by atoms with Crippen LogP contribution in [-0.2, 0) is 9.53 Å². The predicted molar refractivity (Wildman–Crippen MR) is 65.6 cm³/mol. The van der Waals surface area contributed by atoms with Crippen LogP contribution >= 0.6 is 0 Å². The first-order chi connectivity index (χ1) is 8.19. The maximum absolute atomic E-state index is 11.7. The highest BCUT2D eigenvalue weighted by Gasteiger charge is 2.22. The number of nitrogens with one attached hydrogen (secondary N) is 1. The Labute approximate surface area is 102 Å². The first-order valence-electron chi connectivity index (χ1n) is 6.15. The summed E-state index contributed by atoms with van der Waals surface area (Å²) in [7, 11) is 0. The van der Waals surface area contributed by atoms with Gasteiger partial charge < -0.3 is 9.15 Å². The van der Waals surface area contributed by atoms with Crippen molar-refractivity contribution in [2.75, 3.05) is 6.61 Å². The Morgan fingerprint density at radius 1 is 1.53 bits per heavy atom. The fraction of sp³-hybridized carbons (Fsp3) is 0.615. The molecule has 0 aliphatic carbocycles. The maximum atomic E-state index is 11.7. The average Bonchev–Trinajstić information content (AvgIpc) is 2.82. The molecule has 0 aliphatic rings. The average molecular weight is 239 g/mol. The molecule has 2 atom stereocenters. The van der Waals surface area contributed by atoms with E-state index in [-0.39, 0.29) is 18.1 Å². The first-order valence-corrected chi connectivity index (χ1v) is 6.15. The molecule has 0 amide bonds. The fourth-order valence-electron chi connectivity index (χ4n) is 1.72. The Morgan fingerprint density at radius 3 is 2.82 bits per heavy atom. The van der Waals surface area contributed by atoms with Gasteiger partial charge in [0, 0.05) is 0 Å². The highest BCUT2D eigenvalue weighted by atomic mass is 16.5. The van der Waals surface area contributed by atoms with Crippen molar-refractivity contribution in [3.8, 4) is 0 Å². The van der Waals surface area contributed by atoms with Crippen LogP contribution in [0.3, 0.4) is 0 Å². The smallest absolute Gasteiger partial charge is 0.323 e. The van der Waals surface area contributed by atoms with Gasteiger partial charge in [0.25, 0.3) is 0 Å². The molecule has 17 heavy (non-hydrogen) atoms. The van der Waals surface area contributed by atoms with Crippen molar-refractivity contribution in [2.24, 2.45) is 0 Å². The van der Waals surface area contributed by atoms with Gasteiger partial charge in [-0.2, -0.15) is 0 Å². The van der Waals surface area contributed by atoms with Crippen LogP contribution in [-0.4, -0.2) is 18.6 Å². The molecule has 1 unspecified atom stereocenters. The molecule has 0 aliphatic heterocycles. The van der Waals surface area contributed by atoms with Crippen molar-refractivity contribution >= 4 is 5.97 Å². The lowest BCUT2D eigenvalue weighted by molar-refractivity contribution is -0.146. The first kappa shape index (κ1) is 13.8. The van der Waals surface area contributed by atoms with E-state index in [9.17, 15) is 4.79 Å². The molecule has 1 rings (SSSR count). The van der Waals surface area contributed by atoms with Gasteiger partial charge >= 0.3 is 5.97 Å². The summed E-state index contributed by atoms with van der Waals surface area (Å²) in [4.78, 5) is 11.7. The Hall–Kier alpha value is -1.29. The third-order valence-corrected chi connectivity index (χ3v) is 2.57. The molecule has 0 radical (unpaired) electrons. The van der Waals surface area contributed by atoms with E-state index in [1.807, 2.05) is 32.9 Å². The largest absolute Gasteiger partial charge is 0.468 e. The summed E-state index contributed by atoms with van der Waals surface area (Å²) in [5, 5.41) is 3.24. The van der Waals surface area contributed by atoms with Crippen LogP contribution in [0.2, 0.25) is 0 Å². The Bertz CT molecular complexity index is 321. The topological polar surface area (TPSA) is 51.5 Å². The Balaban J connectivity index is 2.56. The zero-order valence-corrected chi connectivity index (χ0v) is 10.7. The number of carbonyl (C=O) groups is 1. The summed E-state index contributed by atoms with van der Waals surface area (Å²) >= 11 is 0.